The second-order valence-corrected chi connectivity index (χ2v) is 4.31. The van der Waals surface area contributed by atoms with Crippen molar-refractivity contribution in [2.75, 3.05) is 0 Å². The number of Topliss-reactive ketones (excluding diaryl/α,β-unsaturated/α-hetero) is 1. The lowest BCUT2D eigenvalue weighted by Crippen LogP contribution is -2.10. The molecule has 102 valence electrons. The zero-order valence-corrected chi connectivity index (χ0v) is 11.1. The molecular weight excluding hydrogens is 254 g/mol. The second-order valence-electron chi connectivity index (χ2n) is 4.31. The Kier molecular flexibility index (Phi) is 4.50. The molecule has 0 fully saturated rings. The van der Waals surface area contributed by atoms with Gasteiger partial charge in [0.1, 0.15) is 18.1 Å². The van der Waals surface area contributed by atoms with E-state index in [2.05, 4.69) is 5.16 Å². The van der Waals surface area contributed by atoms with Gasteiger partial charge in [-0.25, -0.2) is 0 Å². The van der Waals surface area contributed by atoms with Gasteiger partial charge in [0.25, 0.3) is 0 Å². The van der Waals surface area contributed by atoms with Crippen molar-refractivity contribution in [2.45, 2.75) is 13.5 Å². The summed E-state index contributed by atoms with van der Waals surface area (Å²) in [5.41, 5.74) is 1.60. The predicted molar refractivity (Wildman–Crippen MR) is 76.4 cm³/mol. The molecule has 0 aliphatic heterocycles. The Balaban J connectivity index is 2.00. The highest BCUT2D eigenvalue weighted by molar-refractivity contribution is 6.45. The normalized spacial score (nSPS) is 11.2. The minimum Gasteiger partial charge on any atom is -0.489 e. The Morgan fingerprint density at radius 1 is 1.10 bits per heavy atom. The van der Waals surface area contributed by atoms with E-state index in [0.29, 0.717) is 17.9 Å². The summed E-state index contributed by atoms with van der Waals surface area (Å²) in [6, 6.07) is 16.6. The third-order valence-electron chi connectivity index (χ3n) is 2.84. The Morgan fingerprint density at radius 2 is 1.75 bits per heavy atom. The molecule has 0 saturated carbocycles. The number of hydrogen-bond donors (Lipinski definition) is 1. The summed E-state index contributed by atoms with van der Waals surface area (Å²) in [6.07, 6.45) is 0. The zero-order valence-electron chi connectivity index (χ0n) is 11.1. The molecule has 0 atom stereocenters. The van der Waals surface area contributed by atoms with Crippen LogP contribution in [0.2, 0.25) is 0 Å². The highest BCUT2D eigenvalue weighted by Gasteiger charge is 2.09. The van der Waals surface area contributed by atoms with Gasteiger partial charge in [-0.1, -0.05) is 35.5 Å². The molecule has 0 radical (unpaired) electrons. The van der Waals surface area contributed by atoms with Gasteiger partial charge >= 0.3 is 0 Å². The molecule has 0 spiro atoms. The van der Waals surface area contributed by atoms with Gasteiger partial charge in [0.05, 0.1) is 0 Å². The number of benzene rings is 2. The molecule has 0 heterocycles. The molecule has 0 amide bonds. The number of rotatable bonds is 5. The monoisotopic (exact) mass is 269 g/mol. The minimum absolute atomic E-state index is 0.0583. The van der Waals surface area contributed by atoms with Crippen LogP contribution in [0.3, 0.4) is 0 Å². The maximum atomic E-state index is 11.7. The van der Waals surface area contributed by atoms with Crippen LogP contribution in [0.25, 0.3) is 0 Å². The van der Waals surface area contributed by atoms with Crippen LogP contribution in [-0.4, -0.2) is 16.7 Å². The molecule has 0 unspecified atom stereocenters. The number of ether oxygens (including phenoxy) is 1. The van der Waals surface area contributed by atoms with Crippen molar-refractivity contribution in [3.05, 3.63) is 65.7 Å². The predicted octanol–water partition coefficient (Wildman–Crippen LogP) is 3.30. The maximum Gasteiger partial charge on any atom is 0.210 e. The fourth-order valence-electron chi connectivity index (χ4n) is 1.70. The van der Waals surface area contributed by atoms with E-state index < -0.39 is 0 Å². The Hall–Kier alpha value is -2.62. The summed E-state index contributed by atoms with van der Waals surface area (Å²) < 4.78 is 5.62. The second kappa shape index (κ2) is 6.52. The van der Waals surface area contributed by atoms with E-state index in [1.807, 2.05) is 30.3 Å². The molecule has 1 N–H and O–H groups in total. The Morgan fingerprint density at radius 3 is 2.35 bits per heavy atom. The molecule has 20 heavy (non-hydrogen) atoms. The lowest BCUT2D eigenvalue weighted by atomic mass is 10.1. The van der Waals surface area contributed by atoms with Gasteiger partial charge in [-0.3, -0.25) is 4.79 Å². The third-order valence-corrected chi connectivity index (χ3v) is 2.84. The Labute approximate surface area is 117 Å². The summed E-state index contributed by atoms with van der Waals surface area (Å²) in [5.74, 6) is 0.381. The quantitative estimate of drug-likeness (QED) is 0.392. The van der Waals surface area contributed by atoms with Crippen molar-refractivity contribution in [1.82, 2.24) is 0 Å². The smallest absolute Gasteiger partial charge is 0.210 e. The zero-order chi connectivity index (χ0) is 14.4. The van der Waals surface area contributed by atoms with E-state index in [0.717, 1.165) is 5.56 Å². The van der Waals surface area contributed by atoms with Crippen LogP contribution in [0.5, 0.6) is 5.75 Å². The molecule has 2 aromatic carbocycles. The SMILES string of the molecule is CC(=NO)C(=O)c1ccc(OCc2ccccc2)cc1. The van der Waals surface area contributed by atoms with Crippen LogP contribution in [-0.2, 0) is 6.61 Å². The van der Waals surface area contributed by atoms with Crippen LogP contribution in [0.4, 0.5) is 0 Å². The molecule has 0 aliphatic rings. The van der Waals surface area contributed by atoms with Gasteiger partial charge < -0.3 is 9.94 Å². The number of nitrogens with zero attached hydrogens (tertiary/aromatic N) is 1. The van der Waals surface area contributed by atoms with Gasteiger partial charge in [0.2, 0.25) is 5.78 Å². The average Bonchev–Trinajstić information content (AvgIpc) is 2.53. The van der Waals surface area contributed by atoms with Crippen molar-refractivity contribution in [2.24, 2.45) is 5.16 Å². The summed E-state index contributed by atoms with van der Waals surface area (Å²) in [4.78, 5) is 11.7. The molecule has 4 heteroatoms. The van der Waals surface area contributed by atoms with E-state index in [9.17, 15) is 4.79 Å². The van der Waals surface area contributed by atoms with Gasteiger partial charge in [0, 0.05) is 5.56 Å². The topological polar surface area (TPSA) is 58.9 Å². The van der Waals surface area contributed by atoms with Crippen LogP contribution in [0.15, 0.2) is 59.8 Å². The first-order valence-electron chi connectivity index (χ1n) is 6.21. The lowest BCUT2D eigenvalue weighted by Gasteiger charge is -2.07. The average molecular weight is 269 g/mol. The highest BCUT2D eigenvalue weighted by Crippen LogP contribution is 2.15. The summed E-state index contributed by atoms with van der Waals surface area (Å²) in [6.45, 7) is 1.94. The first-order valence-corrected chi connectivity index (χ1v) is 6.21. The van der Waals surface area contributed by atoms with Gasteiger partial charge in [-0.2, -0.15) is 0 Å². The summed E-state index contributed by atoms with van der Waals surface area (Å²) in [5, 5.41) is 11.5. The largest absolute Gasteiger partial charge is 0.489 e. The number of oxime groups is 1. The molecule has 4 nitrogen and oxygen atoms in total. The molecule has 0 saturated heterocycles. The van der Waals surface area contributed by atoms with E-state index in [-0.39, 0.29) is 11.5 Å². The van der Waals surface area contributed by atoms with Crippen LogP contribution >= 0.6 is 0 Å². The summed E-state index contributed by atoms with van der Waals surface area (Å²) >= 11 is 0. The fraction of sp³-hybridized carbons (Fsp3) is 0.125. The molecule has 0 aliphatic carbocycles. The van der Waals surface area contributed by atoms with Crippen molar-refractivity contribution >= 4 is 11.5 Å². The lowest BCUT2D eigenvalue weighted by molar-refractivity contribution is 0.106. The molecule has 2 rings (SSSR count). The fourth-order valence-corrected chi connectivity index (χ4v) is 1.70. The van der Waals surface area contributed by atoms with Crippen molar-refractivity contribution < 1.29 is 14.7 Å². The van der Waals surface area contributed by atoms with Crippen molar-refractivity contribution in [1.29, 1.82) is 0 Å². The van der Waals surface area contributed by atoms with Crippen LogP contribution in [0.1, 0.15) is 22.8 Å². The molecule has 0 aromatic heterocycles. The first kappa shape index (κ1) is 13.8. The maximum absolute atomic E-state index is 11.7. The highest BCUT2D eigenvalue weighted by atomic mass is 16.5. The van der Waals surface area contributed by atoms with E-state index in [1.54, 1.807) is 24.3 Å². The van der Waals surface area contributed by atoms with Crippen molar-refractivity contribution in [3.63, 3.8) is 0 Å². The first-order chi connectivity index (χ1) is 9.70. The number of hydrogen-bond acceptors (Lipinski definition) is 4. The van der Waals surface area contributed by atoms with Crippen molar-refractivity contribution in [3.8, 4) is 5.75 Å². The van der Waals surface area contributed by atoms with Gasteiger partial charge in [0.15, 0.2) is 0 Å². The van der Waals surface area contributed by atoms with Gasteiger partial charge in [-0.15, -0.1) is 0 Å². The molecule has 0 bridgehead atoms. The molecule has 2 aromatic rings. The summed E-state index contributed by atoms with van der Waals surface area (Å²) in [7, 11) is 0. The van der Waals surface area contributed by atoms with E-state index in [1.165, 1.54) is 6.92 Å². The van der Waals surface area contributed by atoms with Gasteiger partial charge in [-0.05, 0) is 36.8 Å². The minimum atomic E-state index is -0.304. The van der Waals surface area contributed by atoms with E-state index in [4.69, 9.17) is 9.94 Å². The number of carbonyl (C=O) groups excluding carboxylic acids is 1. The Bertz CT molecular complexity index is 603. The standard InChI is InChI=1S/C16H15NO3/c1-12(17-19)16(18)14-7-9-15(10-8-14)20-11-13-5-3-2-4-6-13/h2-10,19H,11H2,1H3. The van der Waals surface area contributed by atoms with Crippen LogP contribution < -0.4 is 4.74 Å². The molecular formula is C16H15NO3. The number of ketones is 1. The third kappa shape index (κ3) is 3.45. The van der Waals surface area contributed by atoms with Crippen LogP contribution in [0, 0.1) is 0 Å². The number of carbonyl (C=O) groups is 1. The van der Waals surface area contributed by atoms with E-state index >= 15 is 0 Å².